The summed E-state index contributed by atoms with van der Waals surface area (Å²) in [6, 6.07) is 18.9. The quantitative estimate of drug-likeness (QED) is 0.436. The fourth-order valence-corrected chi connectivity index (χ4v) is 5.03. The first-order valence-electron chi connectivity index (χ1n) is 11.1. The van der Waals surface area contributed by atoms with E-state index in [1.807, 2.05) is 24.3 Å². The molecule has 33 heavy (non-hydrogen) atoms. The van der Waals surface area contributed by atoms with Crippen LogP contribution in [-0.4, -0.2) is 29.1 Å². The number of nitrogens with zero attached hydrogens (tertiary/aromatic N) is 2. The lowest BCUT2D eigenvalue weighted by Gasteiger charge is -2.39. The van der Waals surface area contributed by atoms with Gasteiger partial charge in [-0.25, -0.2) is 0 Å². The third-order valence-electron chi connectivity index (χ3n) is 6.38. The van der Waals surface area contributed by atoms with Gasteiger partial charge >= 0.3 is 6.11 Å². The van der Waals surface area contributed by atoms with Crippen LogP contribution < -0.4 is 4.74 Å². The van der Waals surface area contributed by atoms with E-state index >= 15 is 0 Å². The molecule has 1 unspecified atom stereocenters. The van der Waals surface area contributed by atoms with Crippen LogP contribution in [0.15, 0.2) is 66.9 Å². The SMILES string of the molecule is CC(F)(F)Oc1ccc(CN2CCC3(CC2)OC(c2cc(Cl)ccn2)c2ccccc23)cc1. The van der Waals surface area contributed by atoms with Crippen LogP contribution in [0.3, 0.4) is 0 Å². The molecule has 1 spiro atoms. The van der Waals surface area contributed by atoms with Crippen molar-refractivity contribution in [3.8, 4) is 5.75 Å². The highest BCUT2D eigenvalue weighted by molar-refractivity contribution is 6.30. The number of aromatic nitrogens is 1. The Morgan fingerprint density at radius 1 is 1.12 bits per heavy atom. The number of likely N-dealkylation sites (tertiary alicyclic amines) is 1. The minimum Gasteiger partial charge on any atom is -0.433 e. The van der Waals surface area contributed by atoms with Gasteiger partial charge in [0.15, 0.2) is 0 Å². The van der Waals surface area contributed by atoms with Crippen LogP contribution in [0.1, 0.15) is 48.3 Å². The molecule has 2 aromatic carbocycles. The molecular formula is C26H25ClF2N2O2. The summed E-state index contributed by atoms with van der Waals surface area (Å²) in [5.74, 6) is 0.167. The van der Waals surface area contributed by atoms with Gasteiger partial charge in [-0.3, -0.25) is 9.88 Å². The summed E-state index contributed by atoms with van der Waals surface area (Å²) in [7, 11) is 0. The van der Waals surface area contributed by atoms with E-state index in [2.05, 4.69) is 32.8 Å². The van der Waals surface area contributed by atoms with E-state index in [0.29, 0.717) is 5.02 Å². The van der Waals surface area contributed by atoms with Crippen LogP contribution in [0, 0.1) is 0 Å². The Labute approximate surface area is 197 Å². The lowest BCUT2D eigenvalue weighted by Crippen LogP contribution is -2.42. The Morgan fingerprint density at radius 2 is 1.85 bits per heavy atom. The van der Waals surface area contributed by atoms with E-state index < -0.39 is 6.11 Å². The third kappa shape index (κ3) is 4.74. The second-order valence-electron chi connectivity index (χ2n) is 8.81. The topological polar surface area (TPSA) is 34.6 Å². The number of alkyl halides is 2. The summed E-state index contributed by atoms with van der Waals surface area (Å²) in [5.41, 5.74) is 3.94. The molecule has 0 amide bonds. The first-order chi connectivity index (χ1) is 15.8. The zero-order valence-corrected chi connectivity index (χ0v) is 19.1. The van der Waals surface area contributed by atoms with Crippen molar-refractivity contribution in [3.05, 3.63) is 94.3 Å². The number of halogens is 3. The third-order valence-corrected chi connectivity index (χ3v) is 6.61. The van der Waals surface area contributed by atoms with Crippen molar-refractivity contribution in [2.45, 2.75) is 44.1 Å². The number of hydrogen-bond donors (Lipinski definition) is 0. The van der Waals surface area contributed by atoms with E-state index in [4.69, 9.17) is 16.3 Å². The van der Waals surface area contributed by atoms with Gasteiger partial charge in [0.25, 0.3) is 0 Å². The van der Waals surface area contributed by atoms with E-state index in [1.54, 1.807) is 24.4 Å². The molecule has 3 aromatic rings. The lowest BCUT2D eigenvalue weighted by molar-refractivity contribution is -0.158. The van der Waals surface area contributed by atoms with E-state index in [1.165, 1.54) is 5.56 Å². The monoisotopic (exact) mass is 470 g/mol. The number of fused-ring (bicyclic) bond motifs is 2. The zero-order chi connectivity index (χ0) is 23.1. The lowest BCUT2D eigenvalue weighted by atomic mass is 9.83. The predicted octanol–water partition coefficient (Wildman–Crippen LogP) is 6.34. The summed E-state index contributed by atoms with van der Waals surface area (Å²) in [5, 5.41) is 0.649. The van der Waals surface area contributed by atoms with Crippen molar-refractivity contribution in [3.63, 3.8) is 0 Å². The van der Waals surface area contributed by atoms with Gasteiger partial charge in [0, 0.05) is 37.8 Å². The van der Waals surface area contributed by atoms with Gasteiger partial charge < -0.3 is 9.47 Å². The van der Waals surface area contributed by atoms with Crippen molar-refractivity contribution < 1.29 is 18.3 Å². The second kappa shape index (κ2) is 8.67. The van der Waals surface area contributed by atoms with E-state index in [0.717, 1.165) is 56.2 Å². The highest BCUT2D eigenvalue weighted by Crippen LogP contribution is 2.51. The van der Waals surface area contributed by atoms with Gasteiger partial charge in [0.2, 0.25) is 0 Å². The molecule has 2 aliphatic heterocycles. The Balaban J connectivity index is 1.28. The molecule has 0 bridgehead atoms. The molecule has 4 nitrogen and oxygen atoms in total. The molecule has 172 valence electrons. The maximum atomic E-state index is 13.0. The number of ether oxygens (including phenoxy) is 2. The summed E-state index contributed by atoms with van der Waals surface area (Å²) >= 11 is 6.22. The van der Waals surface area contributed by atoms with Gasteiger partial charge in [-0.1, -0.05) is 48.0 Å². The summed E-state index contributed by atoms with van der Waals surface area (Å²) < 4.78 is 37.4. The molecule has 0 N–H and O–H groups in total. The molecule has 0 saturated carbocycles. The van der Waals surface area contributed by atoms with Gasteiger partial charge in [-0.2, -0.15) is 8.78 Å². The Kier molecular flexibility index (Phi) is 5.85. The normalized spacial score (nSPS) is 20.1. The number of piperidine rings is 1. The van der Waals surface area contributed by atoms with Crippen LogP contribution in [-0.2, 0) is 16.9 Å². The molecule has 1 fully saturated rings. The number of hydrogen-bond acceptors (Lipinski definition) is 4. The van der Waals surface area contributed by atoms with Crippen molar-refractivity contribution in [2.24, 2.45) is 0 Å². The van der Waals surface area contributed by atoms with Crippen LogP contribution in [0.25, 0.3) is 0 Å². The number of rotatable bonds is 5. The highest BCUT2D eigenvalue weighted by atomic mass is 35.5. The maximum absolute atomic E-state index is 13.0. The minimum absolute atomic E-state index is 0.167. The van der Waals surface area contributed by atoms with Gasteiger partial charge in [0.05, 0.1) is 11.3 Å². The molecule has 5 rings (SSSR count). The first kappa shape index (κ1) is 22.3. The molecular weight excluding hydrogens is 446 g/mol. The average molecular weight is 471 g/mol. The van der Waals surface area contributed by atoms with Gasteiger partial charge in [-0.05, 0) is 53.8 Å². The maximum Gasteiger partial charge on any atom is 0.394 e. The van der Waals surface area contributed by atoms with Gasteiger partial charge in [-0.15, -0.1) is 0 Å². The average Bonchev–Trinajstić information content (AvgIpc) is 3.10. The van der Waals surface area contributed by atoms with Crippen LogP contribution in [0.5, 0.6) is 5.75 Å². The number of benzene rings is 2. The molecule has 1 atom stereocenters. The molecule has 7 heteroatoms. The smallest absolute Gasteiger partial charge is 0.394 e. The second-order valence-corrected chi connectivity index (χ2v) is 9.24. The molecule has 2 aliphatic rings. The predicted molar refractivity (Wildman–Crippen MR) is 122 cm³/mol. The molecule has 0 aliphatic carbocycles. The zero-order valence-electron chi connectivity index (χ0n) is 18.3. The highest BCUT2D eigenvalue weighted by Gasteiger charge is 2.47. The Morgan fingerprint density at radius 3 is 2.55 bits per heavy atom. The molecule has 1 saturated heterocycles. The van der Waals surface area contributed by atoms with Crippen molar-refractivity contribution >= 4 is 11.6 Å². The van der Waals surface area contributed by atoms with Gasteiger partial charge in [0.1, 0.15) is 11.9 Å². The van der Waals surface area contributed by atoms with Crippen LogP contribution in [0.2, 0.25) is 5.02 Å². The Bertz CT molecular complexity index is 1130. The summed E-state index contributed by atoms with van der Waals surface area (Å²) in [6.45, 7) is 3.23. The van der Waals surface area contributed by atoms with E-state index in [-0.39, 0.29) is 17.5 Å². The summed E-state index contributed by atoms with van der Waals surface area (Å²) in [6.07, 6.45) is 0.0402. The molecule has 3 heterocycles. The van der Waals surface area contributed by atoms with Crippen LogP contribution in [0.4, 0.5) is 8.78 Å². The number of pyridine rings is 1. The van der Waals surface area contributed by atoms with Crippen molar-refractivity contribution in [2.75, 3.05) is 13.1 Å². The first-order valence-corrected chi connectivity index (χ1v) is 11.5. The van der Waals surface area contributed by atoms with E-state index in [9.17, 15) is 8.78 Å². The molecule has 0 radical (unpaired) electrons. The van der Waals surface area contributed by atoms with Crippen molar-refractivity contribution in [1.29, 1.82) is 0 Å². The van der Waals surface area contributed by atoms with Crippen molar-refractivity contribution in [1.82, 2.24) is 9.88 Å². The summed E-state index contributed by atoms with van der Waals surface area (Å²) in [4.78, 5) is 6.89. The standard InChI is InChI=1S/C26H25ClF2N2O2/c1-25(28,29)32-20-8-6-18(7-9-20)17-31-14-11-26(12-15-31)22-5-3-2-4-21(22)24(33-26)23-16-19(27)10-13-30-23/h2-10,13,16,24H,11-12,14-15,17H2,1H3. The fraction of sp³-hybridized carbons (Fsp3) is 0.346. The van der Waals surface area contributed by atoms with Crippen LogP contribution >= 0.6 is 11.6 Å². The molecule has 1 aromatic heterocycles. The Hall–Kier alpha value is -2.54. The largest absolute Gasteiger partial charge is 0.433 e. The minimum atomic E-state index is -3.18. The fourth-order valence-electron chi connectivity index (χ4n) is 4.86.